The van der Waals surface area contributed by atoms with Crippen molar-refractivity contribution < 1.29 is 4.79 Å². The quantitative estimate of drug-likeness (QED) is 0.318. The van der Waals surface area contributed by atoms with Gasteiger partial charge < -0.3 is 15.6 Å². The number of amides is 2. The molecule has 2 amide bonds. The zero-order valence-corrected chi connectivity index (χ0v) is 19.6. The van der Waals surface area contributed by atoms with Gasteiger partial charge in [0, 0.05) is 30.2 Å². The van der Waals surface area contributed by atoms with Crippen molar-refractivity contribution >= 4 is 16.9 Å². The Morgan fingerprint density at radius 2 is 1.50 bits per heavy atom. The Labute approximate surface area is 183 Å². The largest absolute Gasteiger partial charge is 0.361 e. The van der Waals surface area contributed by atoms with Crippen molar-refractivity contribution in [2.75, 3.05) is 13.1 Å². The first-order valence-corrected chi connectivity index (χ1v) is 12.0. The second-order valence-corrected chi connectivity index (χ2v) is 9.55. The van der Waals surface area contributed by atoms with Gasteiger partial charge in [-0.25, -0.2) is 4.79 Å². The molecule has 30 heavy (non-hydrogen) atoms. The van der Waals surface area contributed by atoms with Crippen molar-refractivity contribution in [1.29, 1.82) is 0 Å². The van der Waals surface area contributed by atoms with E-state index in [1.807, 2.05) is 12.3 Å². The molecule has 1 aromatic heterocycles. The molecule has 2 aromatic rings. The van der Waals surface area contributed by atoms with Gasteiger partial charge in [0.2, 0.25) is 0 Å². The van der Waals surface area contributed by atoms with Crippen LogP contribution in [0.4, 0.5) is 4.79 Å². The van der Waals surface area contributed by atoms with Crippen molar-refractivity contribution in [3.8, 4) is 0 Å². The molecule has 0 spiro atoms. The van der Waals surface area contributed by atoms with Crippen LogP contribution in [-0.2, 0) is 6.42 Å². The summed E-state index contributed by atoms with van der Waals surface area (Å²) in [6.07, 6.45) is 11.9. The molecule has 0 aliphatic carbocycles. The lowest BCUT2D eigenvalue weighted by molar-refractivity contribution is 0.240. The summed E-state index contributed by atoms with van der Waals surface area (Å²) in [6.45, 7) is 10.7. The molecule has 0 aliphatic rings. The number of para-hydroxylation sites is 1. The summed E-state index contributed by atoms with van der Waals surface area (Å²) in [5, 5.41) is 7.23. The molecule has 1 heterocycles. The lowest BCUT2D eigenvalue weighted by atomic mass is 9.92. The maximum absolute atomic E-state index is 12.0. The van der Waals surface area contributed by atoms with E-state index in [1.165, 1.54) is 49.5 Å². The van der Waals surface area contributed by atoms with Gasteiger partial charge >= 0.3 is 6.03 Å². The van der Waals surface area contributed by atoms with Gasteiger partial charge in [-0.05, 0) is 42.2 Å². The Balaban J connectivity index is 1.50. The fourth-order valence-corrected chi connectivity index (χ4v) is 4.12. The third-order valence-electron chi connectivity index (χ3n) is 6.15. The van der Waals surface area contributed by atoms with E-state index in [-0.39, 0.29) is 6.03 Å². The third kappa shape index (κ3) is 9.23. The van der Waals surface area contributed by atoms with Gasteiger partial charge in [0.1, 0.15) is 0 Å². The Bertz CT molecular complexity index is 737. The van der Waals surface area contributed by atoms with Crippen molar-refractivity contribution in [2.45, 2.75) is 79.1 Å². The predicted molar refractivity (Wildman–Crippen MR) is 129 cm³/mol. The van der Waals surface area contributed by atoms with Gasteiger partial charge in [-0.15, -0.1) is 0 Å². The Hall–Kier alpha value is -1.97. The Kier molecular flexibility index (Phi) is 10.8. The van der Waals surface area contributed by atoms with Gasteiger partial charge in [-0.3, -0.25) is 0 Å². The Morgan fingerprint density at radius 3 is 2.23 bits per heavy atom. The van der Waals surface area contributed by atoms with Gasteiger partial charge in [-0.1, -0.05) is 84.4 Å². The molecular formula is C26H43N3O. The van der Waals surface area contributed by atoms with E-state index in [0.29, 0.717) is 12.5 Å². The van der Waals surface area contributed by atoms with Crippen LogP contribution in [0, 0.1) is 17.8 Å². The van der Waals surface area contributed by atoms with Crippen molar-refractivity contribution in [3.63, 3.8) is 0 Å². The average molecular weight is 414 g/mol. The molecule has 0 radical (unpaired) electrons. The lowest BCUT2D eigenvalue weighted by Crippen LogP contribution is -2.37. The zero-order valence-electron chi connectivity index (χ0n) is 19.6. The van der Waals surface area contributed by atoms with Crippen molar-refractivity contribution in [1.82, 2.24) is 15.6 Å². The zero-order chi connectivity index (χ0) is 21.8. The predicted octanol–water partition coefficient (Wildman–Crippen LogP) is 6.67. The summed E-state index contributed by atoms with van der Waals surface area (Å²) in [5.41, 5.74) is 2.40. The molecule has 0 saturated heterocycles. The summed E-state index contributed by atoms with van der Waals surface area (Å²) in [5.74, 6) is 2.34. The lowest BCUT2D eigenvalue weighted by Gasteiger charge is -2.15. The number of benzene rings is 1. The molecule has 2 atom stereocenters. The molecule has 0 fully saturated rings. The number of H-pyrrole nitrogens is 1. The molecule has 0 saturated carbocycles. The second-order valence-electron chi connectivity index (χ2n) is 9.55. The highest BCUT2D eigenvalue weighted by Gasteiger charge is 2.08. The normalized spacial score (nSPS) is 13.5. The molecular weight excluding hydrogens is 370 g/mol. The molecule has 4 nitrogen and oxygen atoms in total. The van der Waals surface area contributed by atoms with Crippen LogP contribution in [0.1, 0.15) is 78.2 Å². The third-order valence-corrected chi connectivity index (χ3v) is 6.15. The molecule has 0 bridgehead atoms. The van der Waals surface area contributed by atoms with E-state index >= 15 is 0 Å². The van der Waals surface area contributed by atoms with Crippen LogP contribution in [0.25, 0.3) is 10.9 Å². The van der Waals surface area contributed by atoms with E-state index in [1.54, 1.807) is 0 Å². The minimum absolute atomic E-state index is 0.0548. The number of aromatic nitrogens is 1. The first-order valence-electron chi connectivity index (χ1n) is 12.0. The maximum atomic E-state index is 12.0. The number of carbonyl (C=O) groups excluding carboxylic acids is 1. The Morgan fingerprint density at radius 1 is 0.867 bits per heavy atom. The smallest absolute Gasteiger partial charge is 0.314 e. The number of fused-ring (bicyclic) bond motifs is 1. The number of urea groups is 1. The van der Waals surface area contributed by atoms with E-state index in [9.17, 15) is 4.79 Å². The van der Waals surface area contributed by atoms with E-state index in [4.69, 9.17) is 0 Å². The highest BCUT2D eigenvalue weighted by Crippen LogP contribution is 2.20. The van der Waals surface area contributed by atoms with E-state index in [0.717, 1.165) is 36.7 Å². The second kappa shape index (κ2) is 13.4. The fourth-order valence-electron chi connectivity index (χ4n) is 4.12. The molecule has 3 N–H and O–H groups in total. The van der Waals surface area contributed by atoms with E-state index < -0.39 is 0 Å². The molecule has 2 rings (SSSR count). The van der Waals surface area contributed by atoms with Crippen LogP contribution in [0.3, 0.4) is 0 Å². The molecule has 2 unspecified atom stereocenters. The van der Waals surface area contributed by atoms with Crippen LogP contribution in [0.2, 0.25) is 0 Å². The fraction of sp³-hybridized carbons (Fsp3) is 0.654. The highest BCUT2D eigenvalue weighted by molar-refractivity contribution is 5.83. The van der Waals surface area contributed by atoms with Gasteiger partial charge in [-0.2, -0.15) is 0 Å². The molecule has 4 heteroatoms. The standard InChI is InChI=1S/C26H43N3O/c1-20(2)9-7-10-21(3)11-8-12-22(4)15-17-27-26(30)28-18-16-23-19-29-25-14-6-5-13-24(23)25/h5-6,13-14,19-22,29H,7-12,15-18H2,1-4H3,(H2,27,28,30). The topological polar surface area (TPSA) is 56.9 Å². The molecule has 168 valence electrons. The van der Waals surface area contributed by atoms with Crippen LogP contribution in [0.5, 0.6) is 0 Å². The number of hydrogen-bond donors (Lipinski definition) is 3. The van der Waals surface area contributed by atoms with Crippen LogP contribution < -0.4 is 10.6 Å². The molecule has 0 aliphatic heterocycles. The summed E-state index contributed by atoms with van der Waals surface area (Å²) < 4.78 is 0. The first-order chi connectivity index (χ1) is 14.5. The first kappa shape index (κ1) is 24.3. The minimum Gasteiger partial charge on any atom is -0.361 e. The number of nitrogens with one attached hydrogen (secondary N) is 3. The number of aromatic amines is 1. The number of carbonyl (C=O) groups is 1. The van der Waals surface area contributed by atoms with Crippen LogP contribution in [-0.4, -0.2) is 24.1 Å². The minimum atomic E-state index is -0.0548. The molecule has 1 aromatic carbocycles. The number of hydrogen-bond acceptors (Lipinski definition) is 1. The van der Waals surface area contributed by atoms with Crippen LogP contribution >= 0.6 is 0 Å². The summed E-state index contributed by atoms with van der Waals surface area (Å²) in [4.78, 5) is 15.3. The van der Waals surface area contributed by atoms with Gasteiger partial charge in [0.25, 0.3) is 0 Å². The summed E-state index contributed by atoms with van der Waals surface area (Å²) in [7, 11) is 0. The van der Waals surface area contributed by atoms with Gasteiger partial charge in [0.05, 0.1) is 0 Å². The van der Waals surface area contributed by atoms with Crippen LogP contribution in [0.15, 0.2) is 30.5 Å². The summed E-state index contributed by atoms with van der Waals surface area (Å²) in [6, 6.07) is 8.22. The maximum Gasteiger partial charge on any atom is 0.314 e. The van der Waals surface area contributed by atoms with Crippen molar-refractivity contribution in [2.24, 2.45) is 17.8 Å². The summed E-state index contributed by atoms with van der Waals surface area (Å²) >= 11 is 0. The van der Waals surface area contributed by atoms with Crippen molar-refractivity contribution in [3.05, 3.63) is 36.0 Å². The monoisotopic (exact) mass is 413 g/mol. The van der Waals surface area contributed by atoms with Gasteiger partial charge in [0.15, 0.2) is 0 Å². The number of rotatable bonds is 14. The highest BCUT2D eigenvalue weighted by atomic mass is 16.2. The SMILES string of the molecule is CC(C)CCCC(C)CCCC(C)CCNC(=O)NCCc1c[nH]c2ccccc12. The van der Waals surface area contributed by atoms with E-state index in [2.05, 4.69) is 61.5 Å². The average Bonchev–Trinajstić information content (AvgIpc) is 3.11.